The summed E-state index contributed by atoms with van der Waals surface area (Å²) in [6.45, 7) is 11.3. The summed E-state index contributed by atoms with van der Waals surface area (Å²) >= 11 is 1.44. The number of imide groups is 1. The van der Waals surface area contributed by atoms with E-state index in [-0.39, 0.29) is 35.4 Å². The van der Waals surface area contributed by atoms with Gasteiger partial charge in [0.15, 0.2) is 10.8 Å². The molecule has 1 unspecified atom stereocenters. The van der Waals surface area contributed by atoms with Gasteiger partial charge < -0.3 is 24.2 Å². The number of rotatable bonds is 12. The number of hydrogen-bond donors (Lipinski definition) is 2. The summed E-state index contributed by atoms with van der Waals surface area (Å²) in [6, 6.07) is 29.6. The highest BCUT2D eigenvalue weighted by Crippen LogP contribution is 2.39. The van der Waals surface area contributed by atoms with Crippen LogP contribution in [0.15, 0.2) is 91.0 Å². The molecule has 17 heteroatoms. The van der Waals surface area contributed by atoms with Crippen LogP contribution in [0.5, 0.6) is 5.75 Å². The van der Waals surface area contributed by atoms with E-state index in [1.165, 1.54) is 11.3 Å². The highest BCUT2D eigenvalue weighted by molar-refractivity contribution is 7.22. The van der Waals surface area contributed by atoms with E-state index in [1.54, 1.807) is 0 Å². The third-order valence-electron chi connectivity index (χ3n) is 15.7. The van der Waals surface area contributed by atoms with Gasteiger partial charge in [0.2, 0.25) is 17.7 Å². The van der Waals surface area contributed by atoms with Gasteiger partial charge in [-0.2, -0.15) is 5.10 Å². The lowest BCUT2D eigenvalue weighted by atomic mass is 9.84. The van der Waals surface area contributed by atoms with Crippen molar-refractivity contribution < 1.29 is 33.4 Å². The quantitative estimate of drug-likeness (QED) is 0.0875. The van der Waals surface area contributed by atoms with E-state index in [0.717, 1.165) is 86.9 Å². The molecule has 2 saturated heterocycles. The Bertz CT molecular complexity index is 3400. The fourth-order valence-corrected chi connectivity index (χ4v) is 12.5. The van der Waals surface area contributed by atoms with Crippen LogP contribution in [0.1, 0.15) is 121 Å². The molecule has 1 aliphatic carbocycles. The summed E-state index contributed by atoms with van der Waals surface area (Å²) in [6.07, 6.45) is 6.55. The number of ether oxygens (including phenoxy) is 2. The van der Waals surface area contributed by atoms with Crippen molar-refractivity contribution in [1.29, 1.82) is 0 Å². The lowest BCUT2D eigenvalue weighted by Gasteiger charge is -2.37. The SMILES string of the molecule is Cc1c(OC2CCC(CCC(=O)N3CCN(c4cccc5c(C6CCC(=O)NC6=O)nn(C)c45)CC3)CC2)cccc1-c1ccc(N2CCc3cccc(C(=O)Nc4nc5ccccc5s4)c3C2)nc1C(=O)OC(C)(C)C. The molecule has 2 N–H and O–H groups in total. The molecule has 11 rings (SSSR count). The number of benzene rings is 4. The van der Waals surface area contributed by atoms with E-state index < -0.39 is 17.5 Å². The van der Waals surface area contributed by atoms with E-state index in [9.17, 15) is 24.0 Å². The minimum atomic E-state index is -0.754. The summed E-state index contributed by atoms with van der Waals surface area (Å²) in [7, 11) is 1.89. The van der Waals surface area contributed by atoms with Crippen LogP contribution < -0.4 is 25.2 Å². The molecule has 4 aromatic carbocycles. The number of hydrogen-bond acceptors (Lipinski definition) is 13. The van der Waals surface area contributed by atoms with Gasteiger partial charge >= 0.3 is 5.97 Å². The number of carbonyl (C=O) groups is 5. The summed E-state index contributed by atoms with van der Waals surface area (Å²) in [5.74, 6) is 0.272. The number of amides is 4. The van der Waals surface area contributed by atoms with Crippen LogP contribution in [-0.4, -0.2) is 98.7 Å². The Labute approximate surface area is 452 Å². The molecule has 398 valence electrons. The van der Waals surface area contributed by atoms with Crippen LogP contribution >= 0.6 is 11.3 Å². The van der Waals surface area contributed by atoms with Gasteiger partial charge in [0.25, 0.3) is 5.91 Å². The summed E-state index contributed by atoms with van der Waals surface area (Å²) < 4.78 is 15.6. The largest absolute Gasteiger partial charge is 0.490 e. The Morgan fingerprint density at radius 1 is 0.805 bits per heavy atom. The number of thiazole rings is 1. The number of carbonyl (C=O) groups excluding carboxylic acids is 5. The highest BCUT2D eigenvalue weighted by Gasteiger charge is 2.34. The number of piperidine rings is 1. The summed E-state index contributed by atoms with van der Waals surface area (Å²) in [5, 5.41) is 11.7. The zero-order valence-electron chi connectivity index (χ0n) is 44.4. The maximum absolute atomic E-state index is 14.1. The van der Waals surface area contributed by atoms with Crippen LogP contribution in [0.25, 0.3) is 32.2 Å². The van der Waals surface area contributed by atoms with Gasteiger partial charge in [0.1, 0.15) is 17.2 Å². The fraction of sp³-hybridized carbons (Fsp3) is 0.400. The first kappa shape index (κ1) is 51.4. The van der Waals surface area contributed by atoms with Crippen LogP contribution in [0, 0.1) is 12.8 Å². The standard InChI is InChI=1S/C60H65N9O7S/c1-36-40(41-24-26-50(62-54(41)58(74)76-60(2,3)4)69-30-29-38-11-8-13-42(45(38)35-69)56(72)64-59-61-46-15-6-7-18-49(46)77-59)12-10-17-48(36)75-39-22-19-37(20-23-39)21-28-52(71)68-33-31-67(32-34-68)47-16-9-14-43-53(65-66(5)55(43)47)44-25-27-51(70)63-57(44)73/h6-18,24,26,37,39,44H,19-23,25,27-35H2,1-5H3,(H,61,64,72)(H,63,70,73). The van der Waals surface area contributed by atoms with E-state index >= 15 is 0 Å². The average Bonchev–Trinajstić information content (AvgIpc) is 4.04. The van der Waals surface area contributed by atoms with E-state index in [0.29, 0.717) is 98.6 Å². The van der Waals surface area contributed by atoms with Crippen LogP contribution in [0.4, 0.5) is 16.6 Å². The molecule has 0 bridgehead atoms. The molecule has 4 aliphatic rings. The van der Waals surface area contributed by atoms with Crippen molar-refractivity contribution in [2.24, 2.45) is 13.0 Å². The number of esters is 1. The third-order valence-corrected chi connectivity index (χ3v) is 16.6. The Morgan fingerprint density at radius 2 is 1.58 bits per heavy atom. The second-order valence-electron chi connectivity index (χ2n) is 21.9. The van der Waals surface area contributed by atoms with Gasteiger partial charge in [-0.1, -0.05) is 59.9 Å². The van der Waals surface area contributed by atoms with E-state index in [1.807, 2.05) is 123 Å². The second-order valence-corrected chi connectivity index (χ2v) is 22.9. The number of para-hydroxylation sites is 2. The topological polar surface area (TPSA) is 181 Å². The van der Waals surface area contributed by atoms with Gasteiger partial charge in [0.05, 0.1) is 39.1 Å². The first-order valence-electron chi connectivity index (χ1n) is 27.0. The van der Waals surface area contributed by atoms with Gasteiger partial charge in [-0.3, -0.25) is 34.5 Å². The smallest absolute Gasteiger partial charge is 0.358 e. The van der Waals surface area contributed by atoms with Gasteiger partial charge in [0, 0.05) is 75.7 Å². The maximum Gasteiger partial charge on any atom is 0.358 e. The number of aromatic nitrogens is 4. The van der Waals surface area contributed by atoms with Crippen molar-refractivity contribution in [2.75, 3.05) is 47.8 Å². The first-order chi connectivity index (χ1) is 37.1. The third kappa shape index (κ3) is 10.9. The van der Waals surface area contributed by atoms with Crippen molar-refractivity contribution in [3.05, 3.63) is 125 Å². The first-order valence-corrected chi connectivity index (χ1v) is 27.8. The van der Waals surface area contributed by atoms with Crippen LogP contribution in [0.2, 0.25) is 0 Å². The van der Waals surface area contributed by atoms with Crippen molar-refractivity contribution in [2.45, 2.75) is 110 Å². The molecule has 0 radical (unpaired) electrons. The second kappa shape index (κ2) is 21.4. The van der Waals surface area contributed by atoms with Crippen molar-refractivity contribution >= 4 is 78.7 Å². The predicted molar refractivity (Wildman–Crippen MR) is 299 cm³/mol. The summed E-state index contributed by atoms with van der Waals surface area (Å²) in [4.78, 5) is 82.2. The minimum Gasteiger partial charge on any atom is -0.490 e. The van der Waals surface area contributed by atoms with Gasteiger partial charge in [-0.15, -0.1) is 0 Å². The molecular weight excluding hydrogens is 991 g/mol. The molecule has 6 heterocycles. The zero-order chi connectivity index (χ0) is 53.5. The van der Waals surface area contributed by atoms with E-state index in [2.05, 4.69) is 37.6 Å². The Hall–Kier alpha value is -7.66. The van der Waals surface area contributed by atoms with Gasteiger partial charge in [-0.25, -0.2) is 14.8 Å². The highest BCUT2D eigenvalue weighted by atomic mass is 32.1. The number of nitrogens with one attached hydrogen (secondary N) is 2. The molecule has 0 spiro atoms. The Morgan fingerprint density at radius 3 is 2.36 bits per heavy atom. The molecular formula is C60H65N9O7S. The van der Waals surface area contributed by atoms with Crippen LogP contribution in [-0.2, 0) is 39.1 Å². The molecule has 77 heavy (non-hydrogen) atoms. The Kier molecular flexibility index (Phi) is 14.3. The maximum atomic E-state index is 14.1. The number of anilines is 3. The number of fused-ring (bicyclic) bond motifs is 3. The van der Waals surface area contributed by atoms with Gasteiger partial charge in [-0.05, 0) is 143 Å². The molecule has 4 amide bonds. The van der Waals surface area contributed by atoms with Crippen molar-refractivity contribution in [3.63, 3.8) is 0 Å². The molecule has 3 aromatic heterocycles. The average molecular weight is 1060 g/mol. The summed E-state index contributed by atoms with van der Waals surface area (Å²) in [5.41, 5.74) is 7.97. The normalized spacial score (nSPS) is 19.0. The van der Waals surface area contributed by atoms with Crippen LogP contribution in [0.3, 0.4) is 0 Å². The number of aryl methyl sites for hydroxylation is 1. The molecule has 3 aliphatic heterocycles. The minimum absolute atomic E-state index is 0.0222. The van der Waals surface area contributed by atoms with Crippen molar-refractivity contribution in [1.82, 2.24) is 30.0 Å². The van der Waals surface area contributed by atoms with E-state index in [4.69, 9.17) is 19.6 Å². The van der Waals surface area contributed by atoms with Crippen molar-refractivity contribution in [3.8, 4) is 16.9 Å². The lowest BCUT2D eigenvalue weighted by Crippen LogP contribution is -2.49. The molecule has 1 atom stereocenters. The predicted octanol–water partition coefficient (Wildman–Crippen LogP) is 9.91. The lowest BCUT2D eigenvalue weighted by molar-refractivity contribution is -0.134. The molecule has 16 nitrogen and oxygen atoms in total. The fourth-order valence-electron chi connectivity index (χ4n) is 11.6. The monoisotopic (exact) mass is 1060 g/mol. The Balaban J connectivity index is 0.708. The molecule has 3 fully saturated rings. The zero-order valence-corrected chi connectivity index (χ0v) is 45.2. The number of piperazine rings is 1. The number of pyridine rings is 1. The number of nitrogens with zero attached hydrogens (tertiary/aromatic N) is 7. The molecule has 7 aromatic rings. The molecule has 1 saturated carbocycles.